The molecule has 1 aliphatic rings. The van der Waals surface area contributed by atoms with Gasteiger partial charge in [-0.1, -0.05) is 18.2 Å². The number of likely N-dealkylation sites (tertiary alicyclic amines) is 1. The first-order valence-corrected chi connectivity index (χ1v) is 8.26. The third-order valence-corrected chi connectivity index (χ3v) is 4.15. The smallest absolute Gasteiger partial charge is 0.272 e. The minimum atomic E-state index is -0.0163. The number of aromatic nitrogens is 2. The van der Waals surface area contributed by atoms with E-state index in [2.05, 4.69) is 15.3 Å². The maximum atomic E-state index is 12.5. The number of anilines is 1. The van der Waals surface area contributed by atoms with Crippen molar-refractivity contribution < 1.29 is 9.53 Å². The minimum Gasteiger partial charge on any atom is -0.496 e. The SMILES string of the molecule is COc1ccccc1CNc1nccc(C(=O)N2CCCCC2)n1. The standard InChI is InChI=1S/C18H22N4O2/c1-24-16-8-4-3-7-14(16)13-20-18-19-10-9-15(21-18)17(23)22-11-5-2-6-12-22/h3-4,7-10H,2,5-6,11-13H2,1H3,(H,19,20,21). The Morgan fingerprint density at radius 2 is 2.00 bits per heavy atom. The summed E-state index contributed by atoms with van der Waals surface area (Å²) >= 11 is 0. The summed E-state index contributed by atoms with van der Waals surface area (Å²) in [5, 5.41) is 3.16. The van der Waals surface area contributed by atoms with Crippen molar-refractivity contribution in [2.45, 2.75) is 25.8 Å². The number of nitrogens with one attached hydrogen (secondary N) is 1. The number of nitrogens with zero attached hydrogens (tertiary/aromatic N) is 3. The second-order valence-electron chi connectivity index (χ2n) is 5.78. The van der Waals surface area contributed by atoms with Crippen LogP contribution in [0, 0.1) is 0 Å². The van der Waals surface area contributed by atoms with Gasteiger partial charge in [-0.2, -0.15) is 0 Å². The number of hydrogen-bond donors (Lipinski definition) is 1. The molecule has 3 rings (SSSR count). The lowest BCUT2D eigenvalue weighted by Crippen LogP contribution is -2.36. The average molecular weight is 326 g/mol. The third-order valence-electron chi connectivity index (χ3n) is 4.15. The molecule has 1 aromatic heterocycles. The maximum absolute atomic E-state index is 12.5. The van der Waals surface area contributed by atoms with Gasteiger partial charge in [0.2, 0.25) is 5.95 Å². The topological polar surface area (TPSA) is 67.3 Å². The molecule has 0 aliphatic carbocycles. The van der Waals surface area contributed by atoms with Crippen LogP contribution in [0.15, 0.2) is 36.5 Å². The second kappa shape index (κ2) is 7.77. The number of amides is 1. The monoisotopic (exact) mass is 326 g/mol. The molecule has 1 fully saturated rings. The van der Waals surface area contributed by atoms with Gasteiger partial charge in [0, 0.05) is 31.4 Å². The highest BCUT2D eigenvalue weighted by molar-refractivity contribution is 5.92. The van der Waals surface area contributed by atoms with E-state index in [1.54, 1.807) is 19.4 Å². The van der Waals surface area contributed by atoms with Gasteiger partial charge in [0.25, 0.3) is 5.91 Å². The molecule has 0 saturated carbocycles. The van der Waals surface area contributed by atoms with Crippen LogP contribution in [-0.2, 0) is 6.54 Å². The zero-order valence-electron chi connectivity index (χ0n) is 13.9. The van der Waals surface area contributed by atoms with E-state index in [1.165, 1.54) is 6.42 Å². The molecule has 6 heteroatoms. The van der Waals surface area contributed by atoms with Crippen LogP contribution in [0.2, 0.25) is 0 Å². The Morgan fingerprint density at radius 1 is 1.21 bits per heavy atom. The molecule has 0 unspecified atom stereocenters. The molecule has 1 amide bonds. The summed E-state index contributed by atoms with van der Waals surface area (Å²) in [5.74, 6) is 1.24. The predicted molar refractivity (Wildman–Crippen MR) is 92.1 cm³/mol. The number of ether oxygens (including phenoxy) is 1. The number of methoxy groups -OCH3 is 1. The van der Waals surface area contributed by atoms with Crippen LogP contribution in [-0.4, -0.2) is 41.0 Å². The number of carbonyl (C=O) groups is 1. The Morgan fingerprint density at radius 3 is 2.79 bits per heavy atom. The first-order valence-electron chi connectivity index (χ1n) is 8.26. The van der Waals surface area contributed by atoms with E-state index < -0.39 is 0 Å². The second-order valence-corrected chi connectivity index (χ2v) is 5.78. The molecule has 2 aromatic rings. The van der Waals surface area contributed by atoms with Gasteiger partial charge in [-0.05, 0) is 31.4 Å². The summed E-state index contributed by atoms with van der Waals surface area (Å²) in [5.41, 5.74) is 1.45. The number of rotatable bonds is 5. The van der Waals surface area contributed by atoms with Gasteiger partial charge in [-0.15, -0.1) is 0 Å². The van der Waals surface area contributed by atoms with Crippen molar-refractivity contribution in [3.8, 4) is 5.75 Å². The fraction of sp³-hybridized carbons (Fsp3) is 0.389. The van der Waals surface area contributed by atoms with Crippen LogP contribution in [0.5, 0.6) is 5.75 Å². The fourth-order valence-corrected chi connectivity index (χ4v) is 2.85. The van der Waals surface area contributed by atoms with E-state index in [4.69, 9.17) is 4.74 Å². The molecule has 0 bridgehead atoms. The Balaban J connectivity index is 1.67. The van der Waals surface area contributed by atoms with Crippen molar-refractivity contribution in [2.24, 2.45) is 0 Å². The summed E-state index contributed by atoms with van der Waals surface area (Å²) in [6.07, 6.45) is 4.94. The lowest BCUT2D eigenvalue weighted by atomic mass is 10.1. The van der Waals surface area contributed by atoms with E-state index in [0.29, 0.717) is 18.2 Å². The molecule has 0 spiro atoms. The van der Waals surface area contributed by atoms with Crippen LogP contribution in [0.4, 0.5) is 5.95 Å². The third kappa shape index (κ3) is 3.82. The van der Waals surface area contributed by atoms with Crippen LogP contribution in [0.3, 0.4) is 0 Å². The summed E-state index contributed by atoms with van der Waals surface area (Å²) in [6.45, 7) is 2.16. The Bertz CT molecular complexity index is 699. The van der Waals surface area contributed by atoms with Gasteiger partial charge in [-0.3, -0.25) is 4.79 Å². The number of para-hydroxylation sites is 1. The molecule has 1 aromatic carbocycles. The van der Waals surface area contributed by atoms with Gasteiger partial charge < -0.3 is 15.0 Å². The average Bonchev–Trinajstić information content (AvgIpc) is 2.67. The molecular weight excluding hydrogens is 304 g/mol. The van der Waals surface area contributed by atoms with Crippen LogP contribution < -0.4 is 10.1 Å². The van der Waals surface area contributed by atoms with E-state index in [-0.39, 0.29) is 5.91 Å². The minimum absolute atomic E-state index is 0.0163. The van der Waals surface area contributed by atoms with Crippen LogP contribution in [0.25, 0.3) is 0 Å². The molecule has 6 nitrogen and oxygen atoms in total. The van der Waals surface area contributed by atoms with Crippen molar-refractivity contribution >= 4 is 11.9 Å². The molecule has 0 radical (unpaired) electrons. The molecule has 1 N–H and O–H groups in total. The first-order chi connectivity index (χ1) is 11.8. The van der Waals surface area contributed by atoms with Crippen molar-refractivity contribution in [2.75, 3.05) is 25.5 Å². The van der Waals surface area contributed by atoms with Gasteiger partial charge in [0.15, 0.2) is 0 Å². The largest absolute Gasteiger partial charge is 0.496 e. The molecule has 126 valence electrons. The summed E-state index contributed by atoms with van der Waals surface area (Å²) < 4.78 is 5.33. The van der Waals surface area contributed by atoms with E-state index in [9.17, 15) is 4.79 Å². The molecule has 1 saturated heterocycles. The Hall–Kier alpha value is -2.63. The number of carbonyl (C=O) groups excluding carboxylic acids is 1. The zero-order chi connectivity index (χ0) is 16.8. The molecule has 2 heterocycles. The Kier molecular flexibility index (Phi) is 5.25. The highest BCUT2D eigenvalue weighted by atomic mass is 16.5. The quantitative estimate of drug-likeness (QED) is 0.915. The van der Waals surface area contributed by atoms with Gasteiger partial charge in [-0.25, -0.2) is 9.97 Å². The highest BCUT2D eigenvalue weighted by Gasteiger charge is 2.19. The summed E-state index contributed by atoms with van der Waals surface area (Å²) in [4.78, 5) is 23.0. The lowest BCUT2D eigenvalue weighted by Gasteiger charge is -2.26. The summed E-state index contributed by atoms with van der Waals surface area (Å²) in [7, 11) is 1.65. The first kappa shape index (κ1) is 16.2. The summed E-state index contributed by atoms with van der Waals surface area (Å²) in [6, 6.07) is 9.45. The van der Waals surface area contributed by atoms with Crippen LogP contribution in [0.1, 0.15) is 35.3 Å². The maximum Gasteiger partial charge on any atom is 0.272 e. The van der Waals surface area contributed by atoms with E-state index in [0.717, 1.165) is 37.2 Å². The number of piperidine rings is 1. The van der Waals surface area contributed by atoms with E-state index in [1.807, 2.05) is 29.2 Å². The van der Waals surface area contributed by atoms with Crippen molar-refractivity contribution in [3.05, 3.63) is 47.8 Å². The Labute approximate surface area is 141 Å². The molecular formula is C18H22N4O2. The normalized spacial score (nSPS) is 14.3. The van der Waals surface area contributed by atoms with Crippen molar-refractivity contribution in [1.82, 2.24) is 14.9 Å². The molecule has 0 atom stereocenters. The van der Waals surface area contributed by atoms with Crippen molar-refractivity contribution in [3.63, 3.8) is 0 Å². The number of benzene rings is 1. The fourth-order valence-electron chi connectivity index (χ4n) is 2.85. The van der Waals surface area contributed by atoms with Crippen LogP contribution >= 0.6 is 0 Å². The van der Waals surface area contributed by atoms with Crippen molar-refractivity contribution in [1.29, 1.82) is 0 Å². The van der Waals surface area contributed by atoms with E-state index >= 15 is 0 Å². The van der Waals surface area contributed by atoms with Gasteiger partial charge in [0.1, 0.15) is 11.4 Å². The molecule has 24 heavy (non-hydrogen) atoms. The lowest BCUT2D eigenvalue weighted by molar-refractivity contribution is 0.0718. The number of hydrogen-bond acceptors (Lipinski definition) is 5. The highest BCUT2D eigenvalue weighted by Crippen LogP contribution is 2.18. The van der Waals surface area contributed by atoms with Gasteiger partial charge in [0.05, 0.1) is 7.11 Å². The van der Waals surface area contributed by atoms with Gasteiger partial charge >= 0.3 is 0 Å². The molecule has 1 aliphatic heterocycles. The predicted octanol–water partition coefficient (Wildman–Crippen LogP) is 2.72. The zero-order valence-corrected chi connectivity index (χ0v) is 13.9.